The Bertz CT molecular complexity index is 259. The van der Waals surface area contributed by atoms with Crippen molar-refractivity contribution in [3.05, 3.63) is 0 Å². The monoisotopic (exact) mass is 270 g/mol. The summed E-state index contributed by atoms with van der Waals surface area (Å²) in [4.78, 5) is 16.2. The van der Waals surface area contributed by atoms with Gasteiger partial charge in [-0.15, -0.1) is 0 Å². The Morgan fingerprint density at radius 2 is 2.05 bits per heavy atom. The highest BCUT2D eigenvalue weighted by molar-refractivity contribution is 5.69. The first-order valence-electron chi connectivity index (χ1n) is 7.71. The van der Waals surface area contributed by atoms with E-state index in [1.165, 1.54) is 32.5 Å². The lowest BCUT2D eigenvalue weighted by Gasteiger charge is -2.27. The van der Waals surface area contributed by atoms with Crippen LogP contribution in [0.2, 0.25) is 0 Å². The molecule has 1 rings (SSSR count). The van der Waals surface area contributed by atoms with Crippen molar-refractivity contribution in [1.82, 2.24) is 9.80 Å². The molecule has 1 aliphatic heterocycles. The van der Waals surface area contributed by atoms with Crippen LogP contribution in [0.5, 0.6) is 0 Å². The molecule has 0 amide bonds. The van der Waals surface area contributed by atoms with Gasteiger partial charge in [0.15, 0.2) is 0 Å². The topological polar surface area (TPSA) is 32.8 Å². The molecule has 0 aromatic heterocycles. The second-order valence-corrected chi connectivity index (χ2v) is 5.62. The maximum atomic E-state index is 11.2. The Hall–Kier alpha value is -0.610. The van der Waals surface area contributed by atoms with E-state index < -0.39 is 0 Å². The number of carbonyl (C=O) groups is 1. The van der Waals surface area contributed by atoms with Crippen molar-refractivity contribution in [3.8, 4) is 0 Å². The van der Waals surface area contributed by atoms with Crippen LogP contribution in [0.4, 0.5) is 0 Å². The predicted octanol–water partition coefficient (Wildman–Crippen LogP) is 2.14. The minimum absolute atomic E-state index is 0.0488. The second kappa shape index (κ2) is 9.32. The molecule has 0 aliphatic carbocycles. The van der Waals surface area contributed by atoms with Crippen molar-refractivity contribution >= 4 is 5.97 Å². The zero-order valence-electron chi connectivity index (χ0n) is 12.9. The Kier molecular flexibility index (Phi) is 8.07. The fourth-order valence-electron chi connectivity index (χ4n) is 2.75. The molecule has 19 heavy (non-hydrogen) atoms. The Morgan fingerprint density at radius 1 is 1.26 bits per heavy atom. The molecule has 4 nitrogen and oxygen atoms in total. The molecule has 1 unspecified atom stereocenters. The van der Waals surface area contributed by atoms with Gasteiger partial charge in [0.2, 0.25) is 0 Å². The molecule has 0 bridgehead atoms. The van der Waals surface area contributed by atoms with Crippen LogP contribution in [0.1, 0.15) is 46.0 Å². The molecule has 1 atom stereocenters. The van der Waals surface area contributed by atoms with Gasteiger partial charge in [-0.3, -0.25) is 9.69 Å². The van der Waals surface area contributed by atoms with E-state index in [0.29, 0.717) is 19.1 Å². The zero-order chi connectivity index (χ0) is 14.1. The van der Waals surface area contributed by atoms with Gasteiger partial charge in [0.1, 0.15) is 0 Å². The van der Waals surface area contributed by atoms with Crippen molar-refractivity contribution in [3.63, 3.8) is 0 Å². The van der Waals surface area contributed by atoms with Gasteiger partial charge < -0.3 is 9.64 Å². The lowest BCUT2D eigenvalue weighted by molar-refractivity contribution is -0.143. The fraction of sp³-hybridized carbons (Fsp3) is 0.933. The number of carbonyl (C=O) groups excluding carboxylic acids is 1. The van der Waals surface area contributed by atoms with Crippen molar-refractivity contribution in [1.29, 1.82) is 0 Å². The molecule has 0 spiro atoms. The van der Waals surface area contributed by atoms with Crippen LogP contribution in [0.25, 0.3) is 0 Å². The Morgan fingerprint density at radius 3 is 2.79 bits per heavy atom. The highest BCUT2D eigenvalue weighted by atomic mass is 16.5. The molecule has 4 heteroatoms. The first-order chi connectivity index (χ1) is 9.13. The van der Waals surface area contributed by atoms with E-state index in [9.17, 15) is 4.79 Å². The van der Waals surface area contributed by atoms with Crippen molar-refractivity contribution < 1.29 is 9.53 Å². The average Bonchev–Trinajstić information content (AvgIpc) is 2.51. The number of rotatable bonds is 7. The van der Waals surface area contributed by atoms with Crippen LogP contribution in [0.3, 0.4) is 0 Å². The summed E-state index contributed by atoms with van der Waals surface area (Å²) >= 11 is 0. The van der Waals surface area contributed by atoms with Gasteiger partial charge in [0, 0.05) is 19.0 Å². The molecule has 1 saturated heterocycles. The molecule has 1 aliphatic rings. The number of hydrogen-bond donors (Lipinski definition) is 0. The van der Waals surface area contributed by atoms with Gasteiger partial charge >= 0.3 is 5.97 Å². The first-order valence-corrected chi connectivity index (χ1v) is 7.71. The van der Waals surface area contributed by atoms with Crippen LogP contribution >= 0.6 is 0 Å². The van der Waals surface area contributed by atoms with Crippen LogP contribution in [0, 0.1) is 0 Å². The lowest BCUT2D eigenvalue weighted by Crippen LogP contribution is -2.38. The quantitative estimate of drug-likeness (QED) is 0.524. The zero-order valence-corrected chi connectivity index (χ0v) is 12.9. The summed E-state index contributed by atoms with van der Waals surface area (Å²) in [7, 11) is 2.21. The number of nitrogens with zero attached hydrogens (tertiary/aromatic N) is 2. The highest BCUT2D eigenvalue weighted by Gasteiger charge is 2.18. The van der Waals surface area contributed by atoms with E-state index in [0.717, 1.165) is 19.4 Å². The molecule has 0 aromatic carbocycles. The average molecular weight is 270 g/mol. The largest absolute Gasteiger partial charge is 0.466 e. The van der Waals surface area contributed by atoms with Crippen LogP contribution < -0.4 is 0 Å². The Balaban J connectivity index is 2.09. The molecule has 0 aromatic rings. The minimum atomic E-state index is -0.0488. The third-order valence-corrected chi connectivity index (χ3v) is 3.82. The summed E-state index contributed by atoms with van der Waals surface area (Å²) in [6.07, 6.45) is 5.11. The maximum Gasteiger partial charge on any atom is 0.305 e. The highest BCUT2D eigenvalue weighted by Crippen LogP contribution is 2.11. The summed E-state index contributed by atoms with van der Waals surface area (Å²) in [6, 6.07) is 0.651. The molecule has 112 valence electrons. The van der Waals surface area contributed by atoms with E-state index >= 15 is 0 Å². The number of unbranched alkanes of at least 4 members (excludes halogenated alkanes) is 2. The number of esters is 1. The van der Waals surface area contributed by atoms with Gasteiger partial charge in [0.05, 0.1) is 6.61 Å². The van der Waals surface area contributed by atoms with Crippen molar-refractivity contribution in [2.75, 3.05) is 39.8 Å². The maximum absolute atomic E-state index is 11.2. The summed E-state index contributed by atoms with van der Waals surface area (Å²) in [5.41, 5.74) is 0. The van der Waals surface area contributed by atoms with Crippen LogP contribution in [-0.4, -0.2) is 61.6 Å². The van der Waals surface area contributed by atoms with Crippen molar-refractivity contribution in [2.45, 2.75) is 52.0 Å². The first kappa shape index (κ1) is 16.4. The molecular weight excluding hydrogens is 240 g/mol. The molecule has 1 fully saturated rings. The molecule has 0 radical (unpaired) electrons. The summed E-state index contributed by atoms with van der Waals surface area (Å²) < 4.78 is 4.93. The SMILES string of the molecule is CCOC(=O)CCCCCN1CCCN(C)CC1C. The van der Waals surface area contributed by atoms with Gasteiger partial charge in [-0.1, -0.05) is 6.42 Å². The van der Waals surface area contributed by atoms with E-state index in [4.69, 9.17) is 4.74 Å². The molecule has 0 N–H and O–H groups in total. The number of hydrogen-bond acceptors (Lipinski definition) is 4. The van der Waals surface area contributed by atoms with E-state index in [1.54, 1.807) is 0 Å². The van der Waals surface area contributed by atoms with E-state index in [1.807, 2.05) is 6.92 Å². The third kappa shape index (κ3) is 6.92. The predicted molar refractivity (Wildman–Crippen MR) is 78.3 cm³/mol. The summed E-state index contributed by atoms with van der Waals surface area (Å²) in [6.45, 7) is 9.43. The van der Waals surface area contributed by atoms with E-state index in [-0.39, 0.29) is 5.97 Å². The van der Waals surface area contributed by atoms with Gasteiger partial charge in [-0.2, -0.15) is 0 Å². The third-order valence-electron chi connectivity index (χ3n) is 3.82. The van der Waals surface area contributed by atoms with Gasteiger partial charge in [-0.05, 0) is 59.8 Å². The summed E-state index contributed by atoms with van der Waals surface area (Å²) in [5, 5.41) is 0. The molecular formula is C15H30N2O2. The number of likely N-dealkylation sites (N-methyl/N-ethyl adjacent to an activating group) is 1. The van der Waals surface area contributed by atoms with E-state index in [2.05, 4.69) is 23.8 Å². The second-order valence-electron chi connectivity index (χ2n) is 5.62. The standard InChI is InChI=1S/C15H30N2O2/c1-4-19-15(18)9-6-5-7-11-17-12-8-10-16(3)13-14(17)2/h14H,4-13H2,1-3H3. The van der Waals surface area contributed by atoms with Crippen LogP contribution in [-0.2, 0) is 9.53 Å². The summed E-state index contributed by atoms with van der Waals surface area (Å²) in [5.74, 6) is -0.0488. The molecule has 1 heterocycles. The molecule has 0 saturated carbocycles. The number of ether oxygens (including phenoxy) is 1. The fourth-order valence-corrected chi connectivity index (χ4v) is 2.75. The lowest BCUT2D eigenvalue weighted by atomic mass is 10.1. The minimum Gasteiger partial charge on any atom is -0.466 e. The van der Waals surface area contributed by atoms with Crippen LogP contribution in [0.15, 0.2) is 0 Å². The Labute approximate surface area is 118 Å². The smallest absolute Gasteiger partial charge is 0.305 e. The normalized spacial score (nSPS) is 22.2. The van der Waals surface area contributed by atoms with Gasteiger partial charge in [-0.25, -0.2) is 0 Å². The van der Waals surface area contributed by atoms with Crippen molar-refractivity contribution in [2.24, 2.45) is 0 Å². The van der Waals surface area contributed by atoms with Gasteiger partial charge in [0.25, 0.3) is 0 Å².